The van der Waals surface area contributed by atoms with Crippen molar-refractivity contribution in [2.45, 2.75) is 33.2 Å². The second kappa shape index (κ2) is 9.31. The summed E-state index contributed by atoms with van der Waals surface area (Å²) in [7, 11) is 0. The summed E-state index contributed by atoms with van der Waals surface area (Å²) in [5, 5.41) is 0.635. The molecule has 0 N–H and O–H groups in total. The zero-order valence-electron chi connectivity index (χ0n) is 17.0. The number of amides is 1. The van der Waals surface area contributed by atoms with Crippen molar-refractivity contribution < 1.29 is 19.1 Å². The minimum atomic E-state index is -0.559. The maximum absolute atomic E-state index is 13.0. The molecule has 0 radical (unpaired) electrons. The number of fused-ring (bicyclic) bond motifs is 1. The van der Waals surface area contributed by atoms with Gasteiger partial charge in [-0.1, -0.05) is 50.4 Å². The average molecular weight is 415 g/mol. The largest absolute Gasteiger partial charge is 0.490 e. The van der Waals surface area contributed by atoms with E-state index in [1.165, 1.54) is 11.8 Å². The van der Waals surface area contributed by atoms with E-state index in [4.69, 9.17) is 9.47 Å². The number of carbonyl (C=O) groups excluding carboxylic acids is 2. The van der Waals surface area contributed by atoms with E-state index < -0.39 is 12.0 Å². The number of nitrogens with zero attached hydrogens (tertiary/aromatic N) is 2. The molecule has 154 valence electrons. The molecule has 1 atom stereocenters. The molecular weight excluding hydrogens is 388 g/mol. The molecule has 0 aliphatic carbocycles. The van der Waals surface area contributed by atoms with Gasteiger partial charge in [0.05, 0.1) is 23.9 Å². The van der Waals surface area contributed by atoms with E-state index in [2.05, 4.69) is 11.6 Å². The van der Waals surface area contributed by atoms with E-state index in [1.54, 1.807) is 17.9 Å². The first kappa shape index (κ1) is 21.2. The van der Waals surface area contributed by atoms with Crippen molar-refractivity contribution in [1.82, 2.24) is 4.90 Å². The Hall–Kier alpha value is -2.54. The maximum atomic E-state index is 13.0. The first-order chi connectivity index (χ1) is 13.9. The number of hydrogen-bond donors (Lipinski definition) is 0. The highest BCUT2D eigenvalue weighted by Crippen LogP contribution is 2.40. The number of esters is 1. The minimum Gasteiger partial charge on any atom is -0.490 e. The molecule has 1 aromatic carbocycles. The number of amidine groups is 1. The third-order valence-electron chi connectivity index (χ3n) is 4.54. The van der Waals surface area contributed by atoms with E-state index in [1.807, 2.05) is 38.1 Å². The van der Waals surface area contributed by atoms with E-state index >= 15 is 0 Å². The zero-order valence-corrected chi connectivity index (χ0v) is 17.8. The van der Waals surface area contributed by atoms with Crippen molar-refractivity contribution in [1.29, 1.82) is 0 Å². The predicted octanol–water partition coefficient (Wildman–Crippen LogP) is 4.10. The fourth-order valence-corrected chi connectivity index (χ4v) is 4.20. The Labute approximate surface area is 175 Å². The van der Waals surface area contributed by atoms with Crippen LogP contribution in [0.3, 0.4) is 0 Å². The summed E-state index contributed by atoms with van der Waals surface area (Å²) in [5.74, 6) is 1.13. The van der Waals surface area contributed by atoms with Crippen LogP contribution in [0.5, 0.6) is 5.75 Å². The number of benzene rings is 1. The van der Waals surface area contributed by atoms with Gasteiger partial charge in [0, 0.05) is 12.2 Å². The number of carbonyl (C=O) groups is 2. The Bertz CT molecular complexity index is 858. The minimum absolute atomic E-state index is 0.0406. The van der Waals surface area contributed by atoms with E-state index in [0.717, 1.165) is 5.56 Å². The van der Waals surface area contributed by atoms with E-state index in [9.17, 15) is 9.59 Å². The van der Waals surface area contributed by atoms with E-state index in [0.29, 0.717) is 47.6 Å². The molecule has 0 spiro atoms. The molecule has 2 heterocycles. The molecule has 29 heavy (non-hydrogen) atoms. The Morgan fingerprint density at radius 3 is 2.76 bits per heavy atom. The lowest BCUT2D eigenvalue weighted by Crippen LogP contribution is -2.45. The highest BCUT2D eigenvalue weighted by molar-refractivity contribution is 8.14. The fourth-order valence-electron chi connectivity index (χ4n) is 3.19. The van der Waals surface area contributed by atoms with Gasteiger partial charge < -0.3 is 9.47 Å². The summed E-state index contributed by atoms with van der Waals surface area (Å²) >= 11 is 1.53. The number of rotatable bonds is 7. The molecule has 1 amide bonds. The smallest absolute Gasteiger partial charge is 0.338 e. The normalized spacial score (nSPS) is 19.0. The molecule has 0 saturated carbocycles. The van der Waals surface area contributed by atoms with Gasteiger partial charge in [-0.3, -0.25) is 9.69 Å². The lowest BCUT2D eigenvalue weighted by Gasteiger charge is -2.39. The first-order valence-electron chi connectivity index (χ1n) is 9.67. The summed E-state index contributed by atoms with van der Waals surface area (Å²) in [4.78, 5) is 31.9. The quantitative estimate of drug-likeness (QED) is 0.496. The van der Waals surface area contributed by atoms with E-state index in [-0.39, 0.29) is 11.8 Å². The highest BCUT2D eigenvalue weighted by Gasteiger charge is 2.41. The van der Waals surface area contributed by atoms with Crippen LogP contribution in [0.25, 0.3) is 0 Å². The van der Waals surface area contributed by atoms with Crippen LogP contribution >= 0.6 is 11.8 Å². The molecule has 2 aliphatic heterocycles. The summed E-state index contributed by atoms with van der Waals surface area (Å²) < 4.78 is 11.1. The number of hydrogen-bond acceptors (Lipinski definition) is 6. The van der Waals surface area contributed by atoms with Crippen LogP contribution in [0.4, 0.5) is 0 Å². The van der Waals surface area contributed by atoms with Crippen LogP contribution in [-0.4, -0.2) is 40.9 Å². The molecule has 0 bridgehead atoms. The molecule has 1 unspecified atom stereocenters. The molecule has 3 rings (SSSR count). The van der Waals surface area contributed by atoms with Crippen LogP contribution in [0, 0.1) is 5.92 Å². The van der Waals surface area contributed by atoms with Gasteiger partial charge in [0.2, 0.25) is 5.91 Å². The van der Waals surface area contributed by atoms with Crippen molar-refractivity contribution >= 4 is 28.8 Å². The second-order valence-electron chi connectivity index (χ2n) is 7.32. The number of allylic oxidation sites excluding steroid dienone is 1. The molecule has 0 aromatic heterocycles. The molecule has 7 heteroatoms. The van der Waals surface area contributed by atoms with Crippen LogP contribution < -0.4 is 4.74 Å². The predicted molar refractivity (Wildman–Crippen MR) is 115 cm³/mol. The summed E-state index contributed by atoms with van der Waals surface area (Å²) in [6, 6.07) is 6.86. The highest BCUT2D eigenvalue weighted by atomic mass is 32.2. The van der Waals surface area contributed by atoms with Crippen molar-refractivity contribution in [3.8, 4) is 5.75 Å². The maximum Gasteiger partial charge on any atom is 0.338 e. The van der Waals surface area contributed by atoms with Crippen molar-refractivity contribution in [3.05, 3.63) is 53.8 Å². The Morgan fingerprint density at radius 1 is 1.38 bits per heavy atom. The second-order valence-corrected chi connectivity index (χ2v) is 8.38. The van der Waals surface area contributed by atoms with Crippen LogP contribution in [0.15, 0.2) is 53.2 Å². The Kier molecular flexibility index (Phi) is 6.79. The molecule has 2 aliphatic rings. The Morgan fingerprint density at radius 2 is 2.10 bits per heavy atom. The molecular formula is C22H26N2O4S. The summed E-state index contributed by atoms with van der Waals surface area (Å²) in [6.45, 7) is 10.1. The van der Waals surface area contributed by atoms with Crippen molar-refractivity contribution in [2.75, 3.05) is 19.0 Å². The number of aliphatic imine (C=N–C) groups is 1. The van der Waals surface area contributed by atoms with Gasteiger partial charge in [-0.25, -0.2) is 9.79 Å². The molecule has 1 saturated heterocycles. The SMILES string of the molecule is C=CCOc1ccc(C2C(C(=O)OCC(C)C)=C(C)N=C3SCCC(=O)N32)cc1. The number of thioether (sulfide) groups is 1. The average Bonchev–Trinajstić information content (AvgIpc) is 2.70. The third kappa shape index (κ3) is 4.72. The van der Waals surface area contributed by atoms with Gasteiger partial charge in [-0.2, -0.15) is 0 Å². The summed E-state index contributed by atoms with van der Waals surface area (Å²) in [5.41, 5.74) is 1.81. The zero-order chi connectivity index (χ0) is 21.0. The van der Waals surface area contributed by atoms with Gasteiger partial charge in [0.15, 0.2) is 5.17 Å². The van der Waals surface area contributed by atoms with Crippen LogP contribution in [0.2, 0.25) is 0 Å². The van der Waals surface area contributed by atoms with Gasteiger partial charge >= 0.3 is 5.97 Å². The number of ether oxygens (including phenoxy) is 2. The first-order valence-corrected chi connectivity index (χ1v) is 10.7. The van der Waals surface area contributed by atoms with Gasteiger partial charge in [0.25, 0.3) is 0 Å². The third-order valence-corrected chi connectivity index (χ3v) is 5.49. The van der Waals surface area contributed by atoms with Crippen molar-refractivity contribution in [3.63, 3.8) is 0 Å². The Balaban J connectivity index is 2.00. The van der Waals surface area contributed by atoms with Crippen LogP contribution in [0.1, 0.15) is 38.8 Å². The van der Waals surface area contributed by atoms with Gasteiger partial charge in [-0.15, -0.1) is 0 Å². The lowest BCUT2D eigenvalue weighted by molar-refractivity contribution is -0.141. The van der Waals surface area contributed by atoms with Gasteiger partial charge in [-0.05, 0) is 30.5 Å². The van der Waals surface area contributed by atoms with Crippen molar-refractivity contribution in [2.24, 2.45) is 10.9 Å². The molecule has 6 nitrogen and oxygen atoms in total. The van der Waals surface area contributed by atoms with Gasteiger partial charge in [0.1, 0.15) is 12.4 Å². The fraction of sp³-hybridized carbons (Fsp3) is 0.409. The molecule has 1 fully saturated rings. The summed E-state index contributed by atoms with van der Waals surface area (Å²) in [6.07, 6.45) is 2.09. The van der Waals surface area contributed by atoms with Crippen LogP contribution in [-0.2, 0) is 14.3 Å². The lowest BCUT2D eigenvalue weighted by atomic mass is 9.94. The monoisotopic (exact) mass is 414 g/mol. The molecule has 1 aromatic rings. The topological polar surface area (TPSA) is 68.2 Å². The standard InChI is InChI=1S/C22H26N2O4S/c1-5-11-27-17-8-6-16(7-9-17)20-19(21(26)28-13-14(2)3)15(4)23-22-24(20)18(25)10-12-29-22/h5-9,14,20H,1,10-13H2,2-4H3.